The quantitative estimate of drug-likeness (QED) is 0.117. The van der Waals surface area contributed by atoms with E-state index in [1.165, 1.54) is 47.0 Å². The first kappa shape index (κ1) is 49.3. The van der Waals surface area contributed by atoms with Gasteiger partial charge in [0, 0.05) is 73.9 Å². The molecule has 3 aliphatic rings. The number of rotatable bonds is 12. The smallest absolute Gasteiger partial charge is 0.401 e. The van der Waals surface area contributed by atoms with Crippen LogP contribution in [0.1, 0.15) is 34.4 Å². The highest BCUT2D eigenvalue weighted by molar-refractivity contribution is 7.22. The zero-order chi connectivity index (χ0) is 49.0. The van der Waals surface area contributed by atoms with Crippen LogP contribution >= 0.6 is 22.9 Å². The number of carboxylic acids is 1. The molecule has 1 N–H and O–H groups in total. The second-order valence-corrected chi connectivity index (χ2v) is 17.9. The Balaban J connectivity index is 1.18. The minimum Gasteiger partial charge on any atom is -0.487 e. The van der Waals surface area contributed by atoms with E-state index in [2.05, 4.69) is 19.9 Å². The summed E-state index contributed by atoms with van der Waals surface area (Å²) >= 11 is 8.48. The summed E-state index contributed by atoms with van der Waals surface area (Å²) in [4.78, 5) is 50.7. The maximum atomic E-state index is 14.5. The third-order valence-corrected chi connectivity index (χ3v) is 13.3. The fourth-order valence-electron chi connectivity index (χ4n) is 8.16. The maximum absolute atomic E-state index is 14.5. The van der Waals surface area contributed by atoms with Gasteiger partial charge in [0.25, 0.3) is 0 Å². The van der Waals surface area contributed by atoms with Crippen molar-refractivity contribution in [3.63, 3.8) is 0 Å². The van der Waals surface area contributed by atoms with Gasteiger partial charge in [-0.3, -0.25) is 14.6 Å². The van der Waals surface area contributed by atoms with Crippen LogP contribution in [-0.4, -0.2) is 122 Å². The molecule has 1 fully saturated rings. The van der Waals surface area contributed by atoms with E-state index in [1.54, 1.807) is 48.2 Å². The number of benzene rings is 3. The Morgan fingerprint density at radius 2 is 1.67 bits per heavy atom. The van der Waals surface area contributed by atoms with Gasteiger partial charge in [0.05, 0.1) is 30.5 Å². The molecule has 1 saturated heterocycles. The van der Waals surface area contributed by atoms with E-state index in [1.807, 2.05) is 11.0 Å². The molecule has 6 heterocycles. The second kappa shape index (κ2) is 20.8. The molecule has 3 aliphatic heterocycles. The number of amides is 1. The van der Waals surface area contributed by atoms with Crippen LogP contribution in [0.4, 0.5) is 30.7 Å². The van der Waals surface area contributed by atoms with Crippen LogP contribution in [0.2, 0.25) is 5.02 Å². The summed E-state index contributed by atoms with van der Waals surface area (Å²) < 4.78 is 110. The van der Waals surface area contributed by atoms with Gasteiger partial charge in [0.15, 0.2) is 0 Å². The van der Waals surface area contributed by atoms with Crippen LogP contribution in [0.3, 0.4) is 0 Å². The van der Waals surface area contributed by atoms with Gasteiger partial charge < -0.3 is 24.2 Å². The lowest BCUT2D eigenvalue weighted by Gasteiger charge is -2.36. The van der Waals surface area contributed by atoms with E-state index in [0.717, 1.165) is 0 Å². The third kappa shape index (κ3) is 12.4. The minimum absolute atomic E-state index is 0.0609. The number of alkyl halides is 6. The largest absolute Gasteiger partial charge is 0.487 e. The van der Waals surface area contributed by atoms with Crippen molar-refractivity contribution in [2.75, 3.05) is 52.4 Å². The van der Waals surface area contributed by atoms with Gasteiger partial charge in [-0.2, -0.15) is 31.3 Å². The fourth-order valence-corrected chi connectivity index (χ4v) is 9.53. The van der Waals surface area contributed by atoms with E-state index >= 15 is 0 Å². The Morgan fingerprint density at radius 3 is 2.39 bits per heavy atom. The van der Waals surface area contributed by atoms with Gasteiger partial charge in [-0.25, -0.2) is 24.1 Å². The average molecular weight is 1000 g/mol. The summed E-state index contributed by atoms with van der Waals surface area (Å²) in [5, 5.41) is 11.5. The Morgan fingerprint density at radius 1 is 0.913 bits per heavy atom. The van der Waals surface area contributed by atoms with Crippen LogP contribution in [0.15, 0.2) is 73.2 Å². The Kier molecular flexibility index (Phi) is 14.9. The summed E-state index contributed by atoms with van der Waals surface area (Å²) in [5.41, 5.74) is 4.02. The van der Waals surface area contributed by atoms with Crippen molar-refractivity contribution in [3.8, 4) is 39.2 Å². The fraction of sp³-hybridized carbons (Fsp3) is 0.362. The number of piperazine rings is 1. The van der Waals surface area contributed by atoms with Gasteiger partial charge >= 0.3 is 24.3 Å². The number of thiophene rings is 1. The number of halogens is 8. The number of carbonyl (C=O) groups is 2. The Labute approximate surface area is 399 Å². The normalized spacial score (nSPS) is 16.4. The van der Waals surface area contributed by atoms with Gasteiger partial charge in [0.2, 0.25) is 17.9 Å². The van der Waals surface area contributed by atoms with Crippen molar-refractivity contribution in [2.45, 2.75) is 57.8 Å². The van der Waals surface area contributed by atoms with E-state index in [9.17, 15) is 45.4 Å². The van der Waals surface area contributed by atoms with Crippen LogP contribution in [-0.2, 0) is 35.6 Å². The highest BCUT2D eigenvalue weighted by Crippen LogP contribution is 2.49. The lowest BCUT2D eigenvalue weighted by Crippen LogP contribution is -2.51. The van der Waals surface area contributed by atoms with E-state index in [4.69, 9.17) is 25.8 Å². The van der Waals surface area contributed by atoms with Gasteiger partial charge in [-0.05, 0) is 64.6 Å². The van der Waals surface area contributed by atoms with Gasteiger partial charge in [-0.1, -0.05) is 48.0 Å². The molecule has 13 nitrogen and oxygen atoms in total. The molecule has 3 aromatic heterocycles. The minimum atomic E-state index is -4.45. The SMILES string of the molecule is Cc1c2ccc(c1Cl)CN(CCN1CCN(CC(F)(F)F)CC1)C(=O)Cc1ccc(OCc3ccnc(OCCC(F)(F)F)n3)c(c1)CC(C(=O)O)Oc1ncnc3sc(-c4ccc(F)cc4)c-2c13. The number of aromatic nitrogens is 4. The molecule has 4 bridgehead atoms. The van der Waals surface area contributed by atoms with E-state index in [-0.39, 0.29) is 74.9 Å². The summed E-state index contributed by atoms with van der Waals surface area (Å²) in [5.74, 6) is -2.02. The monoisotopic (exact) mass is 1000 g/mol. The first-order valence-electron chi connectivity index (χ1n) is 21.6. The molecule has 0 aliphatic carbocycles. The molecule has 0 spiro atoms. The Hall–Kier alpha value is -6.16. The number of carbonyl (C=O) groups excluding carboxylic acids is 1. The average Bonchev–Trinajstić information content (AvgIpc) is 3.68. The summed E-state index contributed by atoms with van der Waals surface area (Å²) in [6.07, 6.45) is -9.53. The van der Waals surface area contributed by atoms with Crippen LogP contribution in [0.25, 0.3) is 31.8 Å². The molecule has 22 heteroatoms. The highest BCUT2D eigenvalue weighted by Gasteiger charge is 2.33. The number of hydrogen-bond acceptors (Lipinski definition) is 12. The summed E-state index contributed by atoms with van der Waals surface area (Å²) in [7, 11) is 0. The lowest BCUT2D eigenvalue weighted by atomic mass is 9.94. The molecule has 3 aromatic carbocycles. The molecular weight excluding hydrogens is 959 g/mol. The van der Waals surface area contributed by atoms with Crippen LogP contribution < -0.4 is 14.2 Å². The molecule has 69 heavy (non-hydrogen) atoms. The first-order chi connectivity index (χ1) is 32.9. The zero-order valence-corrected chi connectivity index (χ0v) is 38.3. The van der Waals surface area contributed by atoms with Crippen molar-refractivity contribution in [3.05, 3.63) is 112 Å². The van der Waals surface area contributed by atoms with Gasteiger partial charge in [-0.15, -0.1) is 11.3 Å². The second-order valence-electron chi connectivity index (χ2n) is 16.5. The summed E-state index contributed by atoms with van der Waals surface area (Å²) in [6.45, 7) is 1.62. The predicted octanol–water partition coefficient (Wildman–Crippen LogP) is 8.97. The molecule has 1 atom stereocenters. The van der Waals surface area contributed by atoms with Crippen molar-refractivity contribution in [2.24, 2.45) is 0 Å². The number of aliphatic carboxylic acids is 1. The lowest BCUT2D eigenvalue weighted by molar-refractivity contribution is -0.149. The molecular formula is C47H43ClF7N7O6S. The molecule has 1 unspecified atom stereocenters. The Bertz CT molecular complexity index is 2830. The van der Waals surface area contributed by atoms with Crippen LogP contribution in [0, 0.1) is 12.7 Å². The molecule has 6 aromatic rings. The molecule has 1 amide bonds. The van der Waals surface area contributed by atoms with Crippen molar-refractivity contribution in [1.29, 1.82) is 0 Å². The number of carboxylic acid groups (broad SMARTS) is 1. The van der Waals surface area contributed by atoms with Gasteiger partial charge in [0.1, 0.15) is 35.9 Å². The number of hydrogen-bond donors (Lipinski definition) is 1. The van der Waals surface area contributed by atoms with E-state index < -0.39 is 49.8 Å². The molecule has 0 radical (unpaired) electrons. The zero-order valence-electron chi connectivity index (χ0n) is 36.7. The number of nitrogens with zero attached hydrogens (tertiary/aromatic N) is 7. The number of fused-ring (bicyclic) bond motifs is 7. The predicted molar refractivity (Wildman–Crippen MR) is 241 cm³/mol. The number of ether oxygens (including phenoxy) is 3. The van der Waals surface area contributed by atoms with Crippen molar-refractivity contribution in [1.82, 2.24) is 34.6 Å². The third-order valence-electron chi connectivity index (χ3n) is 11.7. The molecule has 9 rings (SSSR count). The van der Waals surface area contributed by atoms with Crippen LogP contribution in [0.5, 0.6) is 17.6 Å². The van der Waals surface area contributed by atoms with Crippen molar-refractivity contribution < 1.29 is 59.6 Å². The summed E-state index contributed by atoms with van der Waals surface area (Å²) in [6, 6.07) is 15.5. The highest BCUT2D eigenvalue weighted by atomic mass is 35.5. The topological polar surface area (TPSA) is 143 Å². The standard InChI is InChI=1S/C47H43ClF7N7O6S/c1-27-34-8-5-30(40(27)48)23-62(18-17-60-13-15-61(16-14-60)25-47(53,54)55)37(63)21-28-2-9-35(67-24-33-10-12-56-45(59-33)66-19-11-46(50,51)52)31(20-28)22-36(44(64)65)68-42-39-38(34)41(69-43(39)58-26-57-42)29-3-6-32(49)7-4-29/h2-10,12,20,26,36H,11,13-19,21-25H2,1H3,(H,64,65). The van der Waals surface area contributed by atoms with Crippen molar-refractivity contribution >= 4 is 45.0 Å². The maximum Gasteiger partial charge on any atom is 0.401 e. The molecule has 0 saturated carbocycles. The molecule has 364 valence electrons. The van der Waals surface area contributed by atoms with E-state index in [0.29, 0.717) is 78.7 Å². The first-order valence-corrected chi connectivity index (χ1v) is 22.8.